The fourth-order valence-corrected chi connectivity index (χ4v) is 4.14. The number of aromatic amines is 1. The van der Waals surface area contributed by atoms with E-state index in [9.17, 15) is 19.5 Å². The molecule has 1 aliphatic heterocycles. The summed E-state index contributed by atoms with van der Waals surface area (Å²) >= 11 is 5.94. The lowest BCUT2D eigenvalue weighted by Crippen LogP contribution is -2.33. The highest BCUT2D eigenvalue weighted by Gasteiger charge is 2.37. The average Bonchev–Trinajstić information content (AvgIpc) is 3.28. The summed E-state index contributed by atoms with van der Waals surface area (Å²) < 4.78 is 11.8. The molecule has 2 heterocycles. The van der Waals surface area contributed by atoms with Gasteiger partial charge in [-0.3, -0.25) is 14.6 Å². The minimum atomic E-state index is -0.829. The van der Waals surface area contributed by atoms with Crippen molar-refractivity contribution < 1.29 is 19.4 Å². The number of hydrogen-bond donors (Lipinski definition) is 2. The predicted molar refractivity (Wildman–Crippen MR) is 130 cm³/mol. The minimum absolute atomic E-state index is 0.0880. The second-order valence-corrected chi connectivity index (χ2v) is 8.17. The first-order valence-corrected chi connectivity index (χ1v) is 11.1. The number of hydrazone groups is 1. The number of nitrogens with zero attached hydrogens (tertiary/aromatic N) is 3. The first-order valence-electron chi connectivity index (χ1n) is 10.7. The average molecular weight is 499 g/mol. The number of methoxy groups -OCH3 is 2. The van der Waals surface area contributed by atoms with Gasteiger partial charge in [0.1, 0.15) is 17.1 Å². The number of ether oxygens (including phenoxy) is 2. The molecule has 1 aromatic heterocycles. The van der Waals surface area contributed by atoms with Crippen LogP contribution in [0.4, 0.5) is 0 Å². The van der Waals surface area contributed by atoms with E-state index in [1.54, 1.807) is 37.3 Å². The van der Waals surface area contributed by atoms with E-state index in [0.717, 1.165) is 4.57 Å². The van der Waals surface area contributed by atoms with Crippen LogP contribution in [0.3, 0.4) is 0 Å². The van der Waals surface area contributed by atoms with Gasteiger partial charge in [-0.05, 0) is 42.5 Å². The van der Waals surface area contributed by atoms with E-state index in [-0.39, 0.29) is 30.0 Å². The standard InChI is InChI=1S/C24H23ClN4O6/c1-4-20(30)29-18(16-11-15(34-2)9-10-19(16)35-3)12-17(27-29)21-22(31)26-24(33)28(23(21)32)14-7-5-13(25)6-8-14/h5-11,18,32H,4,12H2,1-3H3,(H,26,31,33)/t18-/m1/s1. The van der Waals surface area contributed by atoms with E-state index in [1.807, 2.05) is 0 Å². The van der Waals surface area contributed by atoms with Crippen molar-refractivity contribution in [2.24, 2.45) is 5.10 Å². The maximum atomic E-state index is 12.8. The van der Waals surface area contributed by atoms with Crippen molar-refractivity contribution in [3.05, 3.63) is 79.5 Å². The number of nitrogens with one attached hydrogen (secondary N) is 1. The molecule has 10 nitrogen and oxygen atoms in total. The van der Waals surface area contributed by atoms with Crippen molar-refractivity contribution >= 4 is 23.2 Å². The molecule has 182 valence electrons. The Kier molecular flexibility index (Phi) is 6.65. The van der Waals surface area contributed by atoms with Crippen LogP contribution in [-0.4, -0.2) is 45.5 Å². The van der Waals surface area contributed by atoms with Crippen LogP contribution in [0.15, 0.2) is 57.2 Å². The van der Waals surface area contributed by atoms with E-state index >= 15 is 0 Å². The Hall–Kier alpha value is -4.05. The molecule has 2 N–H and O–H groups in total. The Labute approximate surface area is 205 Å². The van der Waals surface area contributed by atoms with Crippen LogP contribution in [0.25, 0.3) is 5.69 Å². The lowest BCUT2D eigenvalue weighted by molar-refractivity contribution is -0.132. The minimum Gasteiger partial charge on any atom is -0.497 e. The summed E-state index contributed by atoms with van der Waals surface area (Å²) in [5.41, 5.74) is -0.806. The summed E-state index contributed by atoms with van der Waals surface area (Å²) in [5, 5.41) is 17.1. The first-order chi connectivity index (χ1) is 16.8. The van der Waals surface area contributed by atoms with Gasteiger partial charge < -0.3 is 14.6 Å². The summed E-state index contributed by atoms with van der Waals surface area (Å²) in [4.78, 5) is 40.4. The highest BCUT2D eigenvalue weighted by atomic mass is 35.5. The number of hydrogen-bond acceptors (Lipinski definition) is 7. The second-order valence-electron chi connectivity index (χ2n) is 7.74. The molecule has 0 bridgehead atoms. The zero-order valence-electron chi connectivity index (χ0n) is 19.2. The Balaban J connectivity index is 1.86. The molecule has 35 heavy (non-hydrogen) atoms. The largest absolute Gasteiger partial charge is 0.497 e. The third-order valence-electron chi connectivity index (χ3n) is 5.72. The number of halogens is 1. The summed E-state index contributed by atoms with van der Waals surface area (Å²) in [6.07, 6.45) is 0.247. The Morgan fingerprint density at radius 2 is 1.89 bits per heavy atom. The third-order valence-corrected chi connectivity index (χ3v) is 5.98. The van der Waals surface area contributed by atoms with Crippen LogP contribution in [0.5, 0.6) is 17.4 Å². The van der Waals surface area contributed by atoms with Crippen LogP contribution >= 0.6 is 11.6 Å². The number of benzene rings is 2. The molecule has 0 unspecified atom stereocenters. The number of aromatic hydroxyl groups is 1. The number of carbonyl (C=O) groups excluding carboxylic acids is 1. The van der Waals surface area contributed by atoms with Gasteiger partial charge >= 0.3 is 5.69 Å². The van der Waals surface area contributed by atoms with E-state index < -0.39 is 23.2 Å². The van der Waals surface area contributed by atoms with Crippen LogP contribution in [0.2, 0.25) is 5.02 Å². The number of aromatic nitrogens is 2. The molecule has 0 saturated heterocycles. The smallest absolute Gasteiger partial charge is 0.335 e. The van der Waals surface area contributed by atoms with Gasteiger partial charge in [-0.1, -0.05) is 18.5 Å². The number of carbonyl (C=O) groups is 1. The van der Waals surface area contributed by atoms with Crippen molar-refractivity contribution in [1.82, 2.24) is 14.6 Å². The van der Waals surface area contributed by atoms with Crippen LogP contribution in [0.1, 0.15) is 36.9 Å². The van der Waals surface area contributed by atoms with Gasteiger partial charge in [-0.15, -0.1) is 0 Å². The SMILES string of the molecule is CCC(=O)N1N=C(c2c(O)n(-c3ccc(Cl)cc3)c(=O)[nH]c2=O)C[C@@H]1c1cc(OC)ccc1OC. The van der Waals surface area contributed by atoms with Crippen molar-refractivity contribution in [1.29, 1.82) is 0 Å². The Morgan fingerprint density at radius 3 is 2.51 bits per heavy atom. The molecule has 11 heteroatoms. The van der Waals surface area contributed by atoms with Gasteiger partial charge in [0.25, 0.3) is 5.56 Å². The zero-order chi connectivity index (χ0) is 25.3. The predicted octanol–water partition coefficient (Wildman–Crippen LogP) is 2.99. The Morgan fingerprint density at radius 1 is 1.17 bits per heavy atom. The van der Waals surface area contributed by atoms with Gasteiger partial charge in [-0.2, -0.15) is 5.10 Å². The fourth-order valence-electron chi connectivity index (χ4n) is 4.01. The molecule has 4 rings (SSSR count). The first kappa shape index (κ1) is 24.1. The van der Waals surface area contributed by atoms with Crippen molar-refractivity contribution in [2.45, 2.75) is 25.8 Å². The zero-order valence-corrected chi connectivity index (χ0v) is 20.0. The van der Waals surface area contributed by atoms with Crippen molar-refractivity contribution in [3.63, 3.8) is 0 Å². The summed E-state index contributed by atoms with van der Waals surface area (Å²) in [7, 11) is 3.03. The fraction of sp³-hybridized carbons (Fsp3) is 0.250. The lowest BCUT2D eigenvalue weighted by atomic mass is 9.98. The van der Waals surface area contributed by atoms with Crippen LogP contribution in [-0.2, 0) is 4.79 Å². The lowest BCUT2D eigenvalue weighted by Gasteiger charge is -2.23. The van der Waals surface area contributed by atoms with Crippen LogP contribution in [0, 0.1) is 0 Å². The molecule has 1 amide bonds. The maximum absolute atomic E-state index is 12.8. The monoisotopic (exact) mass is 498 g/mol. The van der Waals surface area contributed by atoms with Crippen LogP contribution < -0.4 is 20.7 Å². The molecular formula is C24H23ClN4O6. The molecule has 0 saturated carbocycles. The molecule has 0 fully saturated rings. The summed E-state index contributed by atoms with van der Waals surface area (Å²) in [6, 6.07) is 10.7. The van der Waals surface area contributed by atoms with E-state index in [1.165, 1.54) is 31.4 Å². The molecule has 2 aromatic carbocycles. The molecule has 0 spiro atoms. The van der Waals surface area contributed by atoms with E-state index in [4.69, 9.17) is 21.1 Å². The van der Waals surface area contributed by atoms with Crippen molar-refractivity contribution in [3.8, 4) is 23.1 Å². The normalized spacial score (nSPS) is 15.1. The Bertz CT molecular complexity index is 1430. The second kappa shape index (κ2) is 9.67. The maximum Gasteiger partial charge on any atom is 0.335 e. The van der Waals surface area contributed by atoms with Gasteiger partial charge in [0.2, 0.25) is 11.8 Å². The summed E-state index contributed by atoms with van der Waals surface area (Å²) in [6.45, 7) is 1.70. The number of rotatable bonds is 6. The number of amides is 1. The molecule has 0 radical (unpaired) electrons. The molecule has 0 aliphatic carbocycles. The third kappa shape index (κ3) is 4.40. The van der Waals surface area contributed by atoms with Gasteiger partial charge in [0, 0.05) is 23.4 Å². The molecule has 1 atom stereocenters. The van der Waals surface area contributed by atoms with Gasteiger partial charge in [0.15, 0.2) is 0 Å². The van der Waals surface area contributed by atoms with Crippen molar-refractivity contribution in [2.75, 3.05) is 14.2 Å². The topological polar surface area (TPSA) is 126 Å². The molecule has 3 aromatic rings. The quantitative estimate of drug-likeness (QED) is 0.538. The van der Waals surface area contributed by atoms with Gasteiger partial charge in [-0.25, -0.2) is 14.4 Å². The molecular weight excluding hydrogens is 476 g/mol. The van der Waals surface area contributed by atoms with E-state index in [0.29, 0.717) is 27.8 Å². The molecule has 1 aliphatic rings. The highest BCUT2D eigenvalue weighted by Crippen LogP contribution is 2.40. The highest BCUT2D eigenvalue weighted by molar-refractivity contribution is 6.30. The number of H-pyrrole nitrogens is 1. The van der Waals surface area contributed by atoms with E-state index in [2.05, 4.69) is 10.1 Å². The van der Waals surface area contributed by atoms with Gasteiger partial charge in [0.05, 0.1) is 31.7 Å². The summed E-state index contributed by atoms with van der Waals surface area (Å²) in [5.74, 6) is 0.166.